The van der Waals surface area contributed by atoms with E-state index in [2.05, 4.69) is 16.2 Å². The molecule has 0 unspecified atom stereocenters. The van der Waals surface area contributed by atoms with Gasteiger partial charge in [0.05, 0.1) is 26.3 Å². The van der Waals surface area contributed by atoms with Crippen LogP contribution in [-0.4, -0.2) is 25.2 Å². The molecule has 2 aromatic carbocycles. The average Bonchev–Trinajstić information content (AvgIpc) is 2.62. The second-order valence-electron chi connectivity index (χ2n) is 4.97. The molecule has 8 heteroatoms. The minimum Gasteiger partial charge on any atom is -0.493 e. The minimum absolute atomic E-state index is 0.0748. The van der Waals surface area contributed by atoms with Crippen LogP contribution in [0.3, 0.4) is 0 Å². The Morgan fingerprint density at radius 2 is 1.80 bits per heavy atom. The van der Waals surface area contributed by atoms with E-state index in [-0.39, 0.29) is 23.1 Å². The maximum atomic E-state index is 13.5. The monoisotopic (exact) mass is 363 g/mol. The number of carbonyl (C=O) groups is 1. The normalized spacial score (nSPS) is 9.88. The van der Waals surface area contributed by atoms with Crippen LogP contribution >= 0.6 is 12.2 Å². The van der Waals surface area contributed by atoms with Crippen LogP contribution in [0.2, 0.25) is 0 Å². The summed E-state index contributed by atoms with van der Waals surface area (Å²) < 4.78 is 23.9. The average molecular weight is 363 g/mol. The Balaban J connectivity index is 1.86. The van der Waals surface area contributed by atoms with E-state index < -0.39 is 5.82 Å². The van der Waals surface area contributed by atoms with Crippen LogP contribution in [0.25, 0.3) is 0 Å². The van der Waals surface area contributed by atoms with E-state index in [9.17, 15) is 9.18 Å². The fourth-order valence-corrected chi connectivity index (χ4v) is 2.22. The first-order chi connectivity index (χ1) is 12.0. The van der Waals surface area contributed by atoms with Gasteiger partial charge in [-0.2, -0.15) is 0 Å². The predicted octanol–water partition coefficient (Wildman–Crippen LogP) is 2.40. The molecular formula is C17H18FN3O3S. The van der Waals surface area contributed by atoms with E-state index in [4.69, 9.17) is 21.7 Å². The van der Waals surface area contributed by atoms with E-state index in [1.807, 2.05) is 0 Å². The highest BCUT2D eigenvalue weighted by atomic mass is 32.1. The van der Waals surface area contributed by atoms with Crippen molar-refractivity contribution in [2.75, 3.05) is 19.5 Å². The summed E-state index contributed by atoms with van der Waals surface area (Å²) in [6.07, 6.45) is 0.107. The lowest BCUT2D eigenvalue weighted by Gasteiger charge is -2.13. The lowest BCUT2D eigenvalue weighted by atomic mass is 10.1. The number of hydrogen-bond acceptors (Lipinski definition) is 4. The van der Waals surface area contributed by atoms with Crippen LogP contribution in [0, 0.1) is 5.82 Å². The van der Waals surface area contributed by atoms with Crippen LogP contribution in [-0.2, 0) is 11.2 Å². The standard InChI is InChI=1S/C17H18FN3O3S/c1-23-14-8-7-11(9-15(14)24-2)10-16(22)20-21-17(25)19-13-6-4-3-5-12(13)18/h3-9H,10H2,1-2H3,(H,20,22)(H2,19,21,25). The van der Waals surface area contributed by atoms with Gasteiger partial charge in [0.25, 0.3) is 0 Å². The molecule has 25 heavy (non-hydrogen) atoms. The van der Waals surface area contributed by atoms with Gasteiger partial charge < -0.3 is 14.8 Å². The largest absolute Gasteiger partial charge is 0.493 e. The van der Waals surface area contributed by atoms with Crippen molar-refractivity contribution in [3.05, 3.63) is 53.8 Å². The minimum atomic E-state index is -0.441. The zero-order chi connectivity index (χ0) is 18.2. The molecule has 3 N–H and O–H groups in total. The van der Waals surface area contributed by atoms with Gasteiger partial charge in [-0.25, -0.2) is 4.39 Å². The SMILES string of the molecule is COc1ccc(CC(=O)NNC(=S)Nc2ccccc2F)cc1OC. The maximum Gasteiger partial charge on any atom is 0.242 e. The van der Waals surface area contributed by atoms with E-state index in [1.165, 1.54) is 26.4 Å². The van der Waals surface area contributed by atoms with Crippen LogP contribution in [0.5, 0.6) is 11.5 Å². The molecule has 0 bridgehead atoms. The molecule has 132 valence electrons. The van der Waals surface area contributed by atoms with Crippen molar-refractivity contribution in [1.29, 1.82) is 0 Å². The summed E-state index contributed by atoms with van der Waals surface area (Å²) in [5.74, 6) is 0.366. The van der Waals surface area contributed by atoms with E-state index in [0.29, 0.717) is 11.5 Å². The molecule has 0 aliphatic rings. The van der Waals surface area contributed by atoms with Gasteiger partial charge in [-0.05, 0) is 42.0 Å². The molecule has 0 spiro atoms. The molecule has 0 radical (unpaired) electrons. The summed E-state index contributed by atoms with van der Waals surface area (Å²) in [6, 6.07) is 11.3. The number of nitrogens with one attached hydrogen (secondary N) is 3. The van der Waals surface area contributed by atoms with Crippen LogP contribution < -0.4 is 25.6 Å². The number of hydrogen-bond donors (Lipinski definition) is 3. The number of amides is 1. The van der Waals surface area contributed by atoms with Gasteiger partial charge in [0, 0.05) is 0 Å². The number of halogens is 1. The van der Waals surface area contributed by atoms with Crippen molar-refractivity contribution in [2.45, 2.75) is 6.42 Å². The Morgan fingerprint density at radius 3 is 2.48 bits per heavy atom. The number of benzene rings is 2. The number of hydrazine groups is 1. The molecule has 0 aliphatic heterocycles. The first-order valence-electron chi connectivity index (χ1n) is 7.34. The van der Waals surface area contributed by atoms with Crippen molar-refractivity contribution >= 4 is 28.9 Å². The van der Waals surface area contributed by atoms with Gasteiger partial charge in [-0.3, -0.25) is 15.6 Å². The third-order valence-electron chi connectivity index (χ3n) is 3.25. The molecule has 0 saturated carbocycles. The topological polar surface area (TPSA) is 71.6 Å². The summed E-state index contributed by atoms with van der Waals surface area (Å²) in [5, 5.41) is 2.73. The first-order valence-corrected chi connectivity index (χ1v) is 7.75. The number of thiocarbonyl (C=S) groups is 1. The summed E-state index contributed by atoms with van der Waals surface area (Å²) in [4.78, 5) is 12.0. The van der Waals surface area contributed by atoms with Gasteiger partial charge in [-0.1, -0.05) is 18.2 Å². The second kappa shape index (κ2) is 8.84. The zero-order valence-corrected chi connectivity index (χ0v) is 14.6. The third kappa shape index (κ3) is 5.32. The number of methoxy groups -OCH3 is 2. The van der Waals surface area contributed by atoms with Gasteiger partial charge in [0.2, 0.25) is 5.91 Å². The van der Waals surface area contributed by atoms with E-state index >= 15 is 0 Å². The maximum absolute atomic E-state index is 13.5. The highest BCUT2D eigenvalue weighted by Gasteiger charge is 2.09. The number of anilines is 1. The van der Waals surface area contributed by atoms with Crippen molar-refractivity contribution in [2.24, 2.45) is 0 Å². The first kappa shape index (κ1) is 18.5. The number of ether oxygens (including phenoxy) is 2. The Kier molecular flexibility index (Phi) is 6.53. The molecule has 0 fully saturated rings. The van der Waals surface area contributed by atoms with Crippen molar-refractivity contribution in [3.63, 3.8) is 0 Å². The molecule has 0 atom stereocenters. The fourth-order valence-electron chi connectivity index (χ4n) is 2.06. The Morgan fingerprint density at radius 1 is 1.08 bits per heavy atom. The van der Waals surface area contributed by atoms with Crippen LogP contribution in [0.15, 0.2) is 42.5 Å². The molecule has 0 aliphatic carbocycles. The fraction of sp³-hybridized carbons (Fsp3) is 0.176. The second-order valence-corrected chi connectivity index (χ2v) is 5.38. The van der Waals surface area contributed by atoms with Crippen molar-refractivity contribution in [1.82, 2.24) is 10.9 Å². The number of para-hydroxylation sites is 1. The Labute approximate surface area is 150 Å². The molecule has 0 heterocycles. The molecular weight excluding hydrogens is 345 g/mol. The molecule has 2 rings (SSSR count). The molecule has 0 aromatic heterocycles. The summed E-state index contributed by atoms with van der Waals surface area (Å²) in [7, 11) is 3.06. The quantitative estimate of drug-likeness (QED) is 0.560. The predicted molar refractivity (Wildman–Crippen MR) is 97.1 cm³/mol. The summed E-state index contributed by atoms with van der Waals surface area (Å²) in [6.45, 7) is 0. The summed E-state index contributed by atoms with van der Waals surface area (Å²) >= 11 is 5.01. The van der Waals surface area contributed by atoms with Crippen molar-refractivity contribution < 1.29 is 18.7 Å². The Hall–Kier alpha value is -2.87. The number of carbonyl (C=O) groups excluding carboxylic acids is 1. The van der Waals surface area contributed by atoms with Crippen molar-refractivity contribution in [3.8, 4) is 11.5 Å². The Bertz CT molecular complexity index is 771. The zero-order valence-electron chi connectivity index (χ0n) is 13.8. The highest BCUT2D eigenvalue weighted by molar-refractivity contribution is 7.80. The van der Waals surface area contributed by atoms with Gasteiger partial charge in [-0.15, -0.1) is 0 Å². The lowest BCUT2D eigenvalue weighted by molar-refractivity contribution is -0.120. The number of rotatable bonds is 5. The van der Waals surface area contributed by atoms with E-state index in [0.717, 1.165) is 5.56 Å². The smallest absolute Gasteiger partial charge is 0.242 e. The molecule has 2 aromatic rings. The summed E-state index contributed by atoms with van der Waals surface area (Å²) in [5.41, 5.74) is 5.93. The van der Waals surface area contributed by atoms with Gasteiger partial charge in [0.1, 0.15) is 5.82 Å². The highest BCUT2D eigenvalue weighted by Crippen LogP contribution is 2.27. The van der Waals surface area contributed by atoms with Crippen LogP contribution in [0.4, 0.5) is 10.1 Å². The van der Waals surface area contributed by atoms with E-state index in [1.54, 1.807) is 30.3 Å². The molecule has 0 saturated heterocycles. The molecule has 6 nitrogen and oxygen atoms in total. The lowest BCUT2D eigenvalue weighted by Crippen LogP contribution is -2.44. The van der Waals surface area contributed by atoms with Gasteiger partial charge >= 0.3 is 0 Å². The molecule has 1 amide bonds. The third-order valence-corrected chi connectivity index (χ3v) is 3.45. The van der Waals surface area contributed by atoms with Gasteiger partial charge in [0.15, 0.2) is 16.6 Å². The van der Waals surface area contributed by atoms with Crippen LogP contribution in [0.1, 0.15) is 5.56 Å².